The van der Waals surface area contributed by atoms with E-state index in [-0.39, 0.29) is 0 Å². The number of nitrogens with two attached hydrogens (primary N) is 1. The lowest BCUT2D eigenvalue weighted by atomic mass is 10.0. The summed E-state index contributed by atoms with van der Waals surface area (Å²) in [7, 11) is 0. The number of aromatic nitrogens is 2. The fourth-order valence-electron chi connectivity index (χ4n) is 1.44. The van der Waals surface area contributed by atoms with Crippen LogP contribution < -0.4 is 11.1 Å². The molecule has 0 aliphatic carbocycles. The van der Waals surface area contributed by atoms with Crippen molar-refractivity contribution in [2.24, 2.45) is 11.7 Å². The van der Waals surface area contributed by atoms with Crippen LogP contribution in [-0.4, -0.2) is 21.9 Å². The Morgan fingerprint density at radius 2 is 2.24 bits per heavy atom. The molecule has 1 rings (SSSR count). The van der Waals surface area contributed by atoms with Gasteiger partial charge < -0.3 is 11.1 Å². The fraction of sp³-hybridized carbons (Fsp3) is 0.545. The van der Waals surface area contributed by atoms with Crippen molar-refractivity contribution in [1.82, 2.24) is 9.97 Å². The number of aryl methyl sites for hydroxylation is 1. The maximum Gasteiger partial charge on any atom is 0.239 e. The molecule has 1 aromatic rings. The summed E-state index contributed by atoms with van der Waals surface area (Å²) < 4.78 is 0. The molecule has 1 amide bonds. The summed E-state index contributed by atoms with van der Waals surface area (Å²) in [6.07, 6.45) is 2.13. The largest absolute Gasteiger partial charge is 0.368 e. The summed E-state index contributed by atoms with van der Waals surface area (Å²) in [5.41, 5.74) is 5.33. The number of amides is 1. The van der Waals surface area contributed by atoms with Crippen molar-refractivity contribution in [2.75, 3.05) is 5.32 Å². The molecule has 1 aromatic heterocycles. The second kappa shape index (κ2) is 5.82. The lowest BCUT2D eigenvalue weighted by Gasteiger charge is -2.18. The van der Waals surface area contributed by atoms with E-state index in [0.29, 0.717) is 29.0 Å². The van der Waals surface area contributed by atoms with Crippen molar-refractivity contribution in [3.8, 4) is 0 Å². The molecule has 5 nitrogen and oxygen atoms in total. The molecule has 17 heavy (non-hydrogen) atoms. The first-order valence-electron chi connectivity index (χ1n) is 5.45. The maximum atomic E-state index is 11.3. The smallest absolute Gasteiger partial charge is 0.239 e. The minimum Gasteiger partial charge on any atom is -0.368 e. The van der Waals surface area contributed by atoms with Crippen LogP contribution in [0.1, 0.15) is 26.1 Å². The predicted molar refractivity (Wildman–Crippen MR) is 67.8 cm³/mol. The van der Waals surface area contributed by atoms with E-state index in [0.717, 1.165) is 0 Å². The third kappa shape index (κ3) is 4.19. The van der Waals surface area contributed by atoms with Crippen LogP contribution in [0, 0.1) is 12.8 Å². The molecule has 0 saturated heterocycles. The Hall–Kier alpha value is -1.36. The van der Waals surface area contributed by atoms with Gasteiger partial charge in [-0.05, 0) is 19.3 Å². The molecule has 0 aliphatic heterocycles. The lowest BCUT2D eigenvalue weighted by Crippen LogP contribution is -2.36. The monoisotopic (exact) mass is 256 g/mol. The van der Waals surface area contributed by atoms with E-state index in [9.17, 15) is 4.79 Å². The van der Waals surface area contributed by atoms with Crippen molar-refractivity contribution in [3.05, 3.63) is 17.0 Å². The Morgan fingerprint density at radius 1 is 1.59 bits per heavy atom. The van der Waals surface area contributed by atoms with E-state index >= 15 is 0 Å². The summed E-state index contributed by atoms with van der Waals surface area (Å²) in [6.45, 7) is 5.79. The standard InChI is InChI=1S/C11H17ClN4O/c1-6(2)4-9(10(13)17)16-11-8(12)5-14-7(3)15-11/h5-6,9H,4H2,1-3H3,(H2,13,17)(H,14,15,16)/t9-/m0/s1. The number of primary amides is 1. The highest BCUT2D eigenvalue weighted by atomic mass is 35.5. The average molecular weight is 257 g/mol. The Balaban J connectivity index is 2.85. The highest BCUT2D eigenvalue weighted by molar-refractivity contribution is 6.32. The van der Waals surface area contributed by atoms with E-state index < -0.39 is 11.9 Å². The molecule has 6 heteroatoms. The Kier molecular flexibility index (Phi) is 4.69. The zero-order valence-electron chi connectivity index (χ0n) is 10.2. The van der Waals surface area contributed by atoms with Gasteiger partial charge in [0.1, 0.15) is 22.7 Å². The second-order valence-electron chi connectivity index (χ2n) is 4.34. The van der Waals surface area contributed by atoms with Gasteiger partial charge in [-0.1, -0.05) is 25.4 Å². The van der Waals surface area contributed by atoms with Gasteiger partial charge in [0, 0.05) is 0 Å². The highest BCUT2D eigenvalue weighted by Crippen LogP contribution is 2.20. The van der Waals surface area contributed by atoms with Crippen LogP contribution in [0.2, 0.25) is 5.02 Å². The summed E-state index contributed by atoms with van der Waals surface area (Å²) in [5.74, 6) is 0.973. The molecule has 3 N–H and O–H groups in total. The number of halogens is 1. The van der Waals surface area contributed by atoms with Gasteiger partial charge in [-0.3, -0.25) is 4.79 Å². The predicted octanol–water partition coefficient (Wildman–Crippen LogP) is 1.75. The van der Waals surface area contributed by atoms with Crippen molar-refractivity contribution < 1.29 is 4.79 Å². The molecule has 0 fully saturated rings. The number of carbonyl (C=O) groups excluding carboxylic acids is 1. The number of rotatable bonds is 5. The molecule has 0 bridgehead atoms. The van der Waals surface area contributed by atoms with Crippen LogP contribution in [0.4, 0.5) is 5.82 Å². The van der Waals surface area contributed by atoms with E-state index in [1.165, 1.54) is 6.20 Å². The third-order valence-electron chi connectivity index (χ3n) is 2.23. The van der Waals surface area contributed by atoms with Crippen molar-refractivity contribution in [2.45, 2.75) is 33.2 Å². The van der Waals surface area contributed by atoms with Gasteiger partial charge in [-0.25, -0.2) is 9.97 Å². The number of hydrogen-bond acceptors (Lipinski definition) is 4. The molecule has 94 valence electrons. The number of hydrogen-bond donors (Lipinski definition) is 2. The summed E-state index contributed by atoms with van der Waals surface area (Å²) in [5, 5.41) is 3.34. The van der Waals surface area contributed by atoms with E-state index in [1.54, 1.807) is 6.92 Å². The van der Waals surface area contributed by atoms with Crippen LogP contribution in [-0.2, 0) is 4.79 Å². The van der Waals surface area contributed by atoms with Crippen LogP contribution in [0.25, 0.3) is 0 Å². The number of nitrogens with zero attached hydrogens (tertiary/aromatic N) is 2. The number of carbonyl (C=O) groups is 1. The van der Waals surface area contributed by atoms with E-state index in [1.807, 2.05) is 13.8 Å². The zero-order chi connectivity index (χ0) is 13.0. The number of anilines is 1. The van der Waals surface area contributed by atoms with Crippen molar-refractivity contribution in [1.29, 1.82) is 0 Å². The van der Waals surface area contributed by atoms with Crippen LogP contribution in [0.15, 0.2) is 6.20 Å². The third-order valence-corrected chi connectivity index (χ3v) is 2.50. The molecular formula is C11H17ClN4O. The first-order valence-corrected chi connectivity index (χ1v) is 5.83. The minimum absolute atomic E-state index is 0.349. The van der Waals surface area contributed by atoms with E-state index in [4.69, 9.17) is 17.3 Å². The van der Waals surface area contributed by atoms with Gasteiger partial charge in [0.25, 0.3) is 0 Å². The Bertz CT molecular complexity index is 408. The van der Waals surface area contributed by atoms with Crippen LogP contribution in [0.3, 0.4) is 0 Å². The first-order chi connectivity index (χ1) is 7.90. The topological polar surface area (TPSA) is 80.9 Å². The van der Waals surface area contributed by atoms with Gasteiger partial charge >= 0.3 is 0 Å². The Labute approximate surface area is 106 Å². The van der Waals surface area contributed by atoms with Gasteiger partial charge in [0.2, 0.25) is 5.91 Å². The van der Waals surface area contributed by atoms with Crippen LogP contribution >= 0.6 is 11.6 Å². The highest BCUT2D eigenvalue weighted by Gasteiger charge is 2.18. The lowest BCUT2D eigenvalue weighted by molar-refractivity contribution is -0.119. The molecule has 0 spiro atoms. The molecule has 0 aromatic carbocycles. The first kappa shape index (κ1) is 13.7. The van der Waals surface area contributed by atoms with E-state index in [2.05, 4.69) is 15.3 Å². The van der Waals surface area contributed by atoms with Gasteiger partial charge in [-0.2, -0.15) is 0 Å². The fourth-order valence-corrected chi connectivity index (χ4v) is 1.58. The molecule has 1 atom stereocenters. The van der Waals surface area contributed by atoms with Gasteiger partial charge in [0.15, 0.2) is 0 Å². The second-order valence-corrected chi connectivity index (χ2v) is 4.75. The van der Waals surface area contributed by atoms with Crippen molar-refractivity contribution in [3.63, 3.8) is 0 Å². The van der Waals surface area contributed by atoms with Gasteiger partial charge in [-0.15, -0.1) is 0 Å². The Morgan fingerprint density at radius 3 is 2.76 bits per heavy atom. The van der Waals surface area contributed by atoms with Gasteiger partial charge in [0.05, 0.1) is 6.20 Å². The molecule has 0 unspecified atom stereocenters. The molecular weight excluding hydrogens is 240 g/mol. The SMILES string of the molecule is Cc1ncc(Cl)c(N[C@@H](CC(C)C)C(N)=O)n1. The van der Waals surface area contributed by atoms with Crippen LogP contribution in [0.5, 0.6) is 0 Å². The summed E-state index contributed by atoms with van der Waals surface area (Å²) in [4.78, 5) is 19.4. The molecule has 0 aliphatic rings. The molecule has 0 radical (unpaired) electrons. The molecule has 0 saturated carbocycles. The summed E-state index contributed by atoms with van der Waals surface area (Å²) >= 11 is 5.94. The normalized spacial score (nSPS) is 12.5. The average Bonchev–Trinajstić information content (AvgIpc) is 2.21. The zero-order valence-corrected chi connectivity index (χ0v) is 11.0. The van der Waals surface area contributed by atoms with Crippen molar-refractivity contribution >= 4 is 23.3 Å². The quantitative estimate of drug-likeness (QED) is 0.841. The molecule has 1 heterocycles. The minimum atomic E-state index is -0.471. The number of nitrogens with one attached hydrogen (secondary N) is 1. The summed E-state index contributed by atoms with van der Waals surface area (Å²) in [6, 6.07) is -0.471. The maximum absolute atomic E-state index is 11.3.